The van der Waals surface area contributed by atoms with E-state index >= 15 is 0 Å². The number of thioether (sulfide) groups is 1. The van der Waals surface area contributed by atoms with Crippen molar-refractivity contribution in [1.82, 2.24) is 15.5 Å². The topological polar surface area (TPSA) is 76.1 Å². The van der Waals surface area contributed by atoms with E-state index in [2.05, 4.69) is 33.0 Å². The van der Waals surface area contributed by atoms with E-state index in [0.29, 0.717) is 25.4 Å². The van der Waals surface area contributed by atoms with Crippen molar-refractivity contribution in [2.24, 2.45) is 0 Å². The molecule has 2 N–H and O–H groups in total. The van der Waals surface area contributed by atoms with Gasteiger partial charge in [-0.2, -0.15) is 0 Å². The fourth-order valence-corrected chi connectivity index (χ4v) is 3.74. The molecule has 3 rings (SSSR count). The number of nitrogens with zero attached hydrogens (tertiary/aromatic N) is 2. The van der Waals surface area contributed by atoms with Crippen LogP contribution in [0.5, 0.6) is 5.75 Å². The minimum absolute atomic E-state index is 0.0503. The zero-order valence-electron chi connectivity index (χ0n) is 14.6. The predicted molar refractivity (Wildman–Crippen MR) is 109 cm³/mol. The molecule has 0 aliphatic heterocycles. The van der Waals surface area contributed by atoms with E-state index in [9.17, 15) is 4.79 Å². The van der Waals surface area contributed by atoms with Gasteiger partial charge in [-0.05, 0) is 17.7 Å². The number of anilines is 1. The maximum atomic E-state index is 11.9. The van der Waals surface area contributed by atoms with E-state index in [0.717, 1.165) is 15.2 Å². The summed E-state index contributed by atoms with van der Waals surface area (Å²) in [5.74, 6) is 1.05. The SMILES string of the molecule is O=C(CSc1nnc(NCc2ccccc2)s1)NCCOc1ccccc1. The Morgan fingerprint density at radius 3 is 2.56 bits per heavy atom. The van der Waals surface area contributed by atoms with Gasteiger partial charge in [0.2, 0.25) is 11.0 Å². The van der Waals surface area contributed by atoms with Gasteiger partial charge in [-0.25, -0.2) is 0 Å². The van der Waals surface area contributed by atoms with Crippen LogP contribution >= 0.6 is 23.1 Å². The van der Waals surface area contributed by atoms with E-state index in [4.69, 9.17) is 4.74 Å². The fraction of sp³-hybridized carbons (Fsp3) is 0.211. The molecule has 0 aliphatic rings. The number of para-hydroxylation sites is 1. The summed E-state index contributed by atoms with van der Waals surface area (Å²) >= 11 is 2.82. The van der Waals surface area contributed by atoms with Gasteiger partial charge in [0.25, 0.3) is 0 Å². The van der Waals surface area contributed by atoms with Crippen LogP contribution < -0.4 is 15.4 Å². The molecule has 1 aromatic heterocycles. The molecule has 0 saturated carbocycles. The minimum Gasteiger partial charge on any atom is -0.492 e. The Morgan fingerprint density at radius 2 is 1.78 bits per heavy atom. The molecule has 1 heterocycles. The van der Waals surface area contributed by atoms with E-state index in [1.165, 1.54) is 28.7 Å². The number of carbonyl (C=O) groups excluding carboxylic acids is 1. The number of carbonyl (C=O) groups is 1. The third-order valence-corrected chi connectivity index (χ3v) is 5.47. The van der Waals surface area contributed by atoms with Gasteiger partial charge in [0.05, 0.1) is 12.3 Å². The van der Waals surface area contributed by atoms with Crippen LogP contribution in [-0.4, -0.2) is 35.0 Å². The summed E-state index contributed by atoms with van der Waals surface area (Å²) in [6.07, 6.45) is 0. The second-order valence-corrected chi connectivity index (χ2v) is 7.71. The maximum Gasteiger partial charge on any atom is 0.230 e. The van der Waals surface area contributed by atoms with Gasteiger partial charge in [-0.15, -0.1) is 10.2 Å². The molecule has 3 aromatic rings. The second kappa shape index (κ2) is 10.5. The summed E-state index contributed by atoms with van der Waals surface area (Å²) in [4.78, 5) is 11.9. The molecule has 0 unspecified atom stereocenters. The van der Waals surface area contributed by atoms with Gasteiger partial charge in [0.15, 0.2) is 4.34 Å². The number of ether oxygens (including phenoxy) is 1. The molecule has 0 fully saturated rings. The van der Waals surface area contributed by atoms with Crippen LogP contribution in [0.3, 0.4) is 0 Å². The summed E-state index contributed by atoms with van der Waals surface area (Å²) in [5, 5.41) is 15.0. The Kier molecular flexibility index (Phi) is 7.49. The summed E-state index contributed by atoms with van der Waals surface area (Å²) < 4.78 is 6.30. The molecular weight excluding hydrogens is 380 g/mol. The molecule has 1 amide bonds. The normalized spacial score (nSPS) is 10.4. The molecule has 0 atom stereocenters. The van der Waals surface area contributed by atoms with Crippen molar-refractivity contribution in [3.63, 3.8) is 0 Å². The molecule has 0 bridgehead atoms. The van der Waals surface area contributed by atoms with E-state index in [1.54, 1.807) is 0 Å². The van der Waals surface area contributed by atoms with Gasteiger partial charge in [0, 0.05) is 6.54 Å². The highest BCUT2D eigenvalue weighted by Gasteiger charge is 2.08. The van der Waals surface area contributed by atoms with Crippen molar-refractivity contribution >= 4 is 34.1 Å². The molecule has 2 aromatic carbocycles. The van der Waals surface area contributed by atoms with E-state index in [-0.39, 0.29) is 5.91 Å². The monoisotopic (exact) mass is 400 g/mol. The number of hydrogen-bond donors (Lipinski definition) is 2. The highest BCUT2D eigenvalue weighted by molar-refractivity contribution is 8.01. The molecule has 8 heteroatoms. The summed E-state index contributed by atoms with van der Waals surface area (Å²) in [5.41, 5.74) is 1.18. The molecule has 27 heavy (non-hydrogen) atoms. The predicted octanol–water partition coefficient (Wildman–Crippen LogP) is 3.44. The van der Waals surface area contributed by atoms with Crippen LogP contribution in [0.15, 0.2) is 65.0 Å². The molecule has 0 saturated heterocycles. The largest absolute Gasteiger partial charge is 0.492 e. The van der Waals surface area contributed by atoms with Crippen molar-refractivity contribution in [2.45, 2.75) is 10.9 Å². The third-order valence-electron chi connectivity index (χ3n) is 3.46. The Hall–Kier alpha value is -2.58. The number of amides is 1. The third kappa shape index (κ3) is 6.92. The summed E-state index contributed by atoms with van der Waals surface area (Å²) in [6, 6.07) is 19.6. The lowest BCUT2D eigenvalue weighted by molar-refractivity contribution is -0.118. The highest BCUT2D eigenvalue weighted by Crippen LogP contribution is 2.25. The first-order valence-electron chi connectivity index (χ1n) is 8.48. The van der Waals surface area contributed by atoms with Crippen molar-refractivity contribution in [3.8, 4) is 5.75 Å². The Morgan fingerprint density at radius 1 is 1.04 bits per heavy atom. The van der Waals surface area contributed by atoms with Gasteiger partial charge >= 0.3 is 0 Å². The first-order valence-corrected chi connectivity index (χ1v) is 10.3. The molecule has 0 radical (unpaired) electrons. The maximum absolute atomic E-state index is 11.9. The lowest BCUT2D eigenvalue weighted by Crippen LogP contribution is -2.29. The number of nitrogens with one attached hydrogen (secondary N) is 2. The van der Waals surface area contributed by atoms with Gasteiger partial charge in [-0.3, -0.25) is 4.79 Å². The standard InChI is InChI=1S/C19H20N4O2S2/c24-17(20-11-12-25-16-9-5-2-6-10-16)14-26-19-23-22-18(27-19)21-13-15-7-3-1-4-8-15/h1-10H,11-14H2,(H,20,24)(H,21,22). The Balaban J connectivity index is 1.31. The summed E-state index contributed by atoms with van der Waals surface area (Å²) in [6.45, 7) is 1.60. The number of benzene rings is 2. The second-order valence-electron chi connectivity index (χ2n) is 5.51. The average Bonchev–Trinajstić information content (AvgIpc) is 3.18. The molecule has 6 nitrogen and oxygen atoms in total. The number of aromatic nitrogens is 2. The van der Waals surface area contributed by atoms with Crippen molar-refractivity contribution < 1.29 is 9.53 Å². The summed E-state index contributed by atoms with van der Waals surface area (Å²) in [7, 11) is 0. The highest BCUT2D eigenvalue weighted by atomic mass is 32.2. The number of hydrogen-bond acceptors (Lipinski definition) is 7. The smallest absolute Gasteiger partial charge is 0.230 e. The Bertz CT molecular complexity index is 828. The molecule has 140 valence electrons. The number of rotatable bonds is 10. The van der Waals surface area contributed by atoms with Crippen LogP contribution in [0.25, 0.3) is 0 Å². The van der Waals surface area contributed by atoms with Crippen molar-refractivity contribution in [2.75, 3.05) is 24.2 Å². The first kappa shape index (κ1) is 19.2. The van der Waals surface area contributed by atoms with E-state index in [1.807, 2.05) is 48.5 Å². The zero-order chi connectivity index (χ0) is 18.7. The lowest BCUT2D eigenvalue weighted by Gasteiger charge is -2.07. The van der Waals surface area contributed by atoms with Crippen LogP contribution in [0, 0.1) is 0 Å². The van der Waals surface area contributed by atoms with Gasteiger partial charge in [0.1, 0.15) is 12.4 Å². The van der Waals surface area contributed by atoms with Crippen LogP contribution in [0.1, 0.15) is 5.56 Å². The van der Waals surface area contributed by atoms with Crippen LogP contribution in [-0.2, 0) is 11.3 Å². The van der Waals surface area contributed by atoms with Gasteiger partial charge in [-0.1, -0.05) is 71.6 Å². The van der Waals surface area contributed by atoms with Crippen LogP contribution in [0.4, 0.5) is 5.13 Å². The quantitative estimate of drug-likeness (QED) is 0.401. The Labute approximate surface area is 166 Å². The van der Waals surface area contributed by atoms with Gasteiger partial charge < -0.3 is 15.4 Å². The molecule has 0 spiro atoms. The van der Waals surface area contributed by atoms with Crippen molar-refractivity contribution in [3.05, 3.63) is 66.2 Å². The lowest BCUT2D eigenvalue weighted by atomic mass is 10.2. The van der Waals surface area contributed by atoms with E-state index < -0.39 is 0 Å². The molecule has 0 aliphatic carbocycles. The van der Waals surface area contributed by atoms with Crippen LogP contribution in [0.2, 0.25) is 0 Å². The van der Waals surface area contributed by atoms with Crippen molar-refractivity contribution in [1.29, 1.82) is 0 Å². The average molecular weight is 401 g/mol. The zero-order valence-corrected chi connectivity index (χ0v) is 16.3. The minimum atomic E-state index is -0.0503. The first-order chi connectivity index (χ1) is 13.3. The fourth-order valence-electron chi connectivity index (χ4n) is 2.17. The molecular formula is C19H20N4O2S2.